The quantitative estimate of drug-likeness (QED) is 0.353. The minimum absolute atomic E-state index is 0.193. The zero-order chi connectivity index (χ0) is 20.6. The van der Waals surface area contributed by atoms with E-state index >= 15 is 0 Å². The van der Waals surface area contributed by atoms with E-state index in [1.165, 1.54) is 12.1 Å². The fraction of sp³-hybridized carbons (Fsp3) is 0.429. The van der Waals surface area contributed by atoms with E-state index in [-0.39, 0.29) is 5.56 Å². The Balaban J connectivity index is 2.83. The first kappa shape index (κ1) is 20.8. The topological polar surface area (TPSA) is 164 Å². The van der Waals surface area contributed by atoms with E-state index in [1.54, 1.807) is 0 Å². The first-order chi connectivity index (χ1) is 12.5. The van der Waals surface area contributed by atoms with Crippen LogP contribution < -0.4 is 0 Å². The minimum Gasteiger partial charge on any atom is -0.468 e. The van der Waals surface area contributed by atoms with Gasteiger partial charge in [0, 0.05) is 18.1 Å². The van der Waals surface area contributed by atoms with Crippen LogP contribution >= 0.6 is 0 Å². The highest BCUT2D eigenvalue weighted by Gasteiger charge is 2.58. The van der Waals surface area contributed by atoms with Crippen LogP contribution in [0.2, 0.25) is 0 Å². The Morgan fingerprint density at radius 1 is 1.04 bits per heavy atom. The summed E-state index contributed by atoms with van der Waals surface area (Å²) in [4.78, 5) is 34.6. The Morgan fingerprint density at radius 3 is 1.93 bits per heavy atom. The van der Waals surface area contributed by atoms with Crippen LogP contribution in [-0.4, -0.2) is 63.5 Å². The third-order valence-electron chi connectivity index (χ3n) is 4.09. The largest absolute Gasteiger partial charge is 0.468 e. The fourth-order valence-electron chi connectivity index (χ4n) is 3.00. The lowest BCUT2D eigenvalue weighted by molar-refractivity contribution is -0.384. The number of carbonyl (C=O) groups is 2. The molecule has 13 heteroatoms. The van der Waals surface area contributed by atoms with Crippen LogP contribution in [0.25, 0.3) is 0 Å². The molecule has 0 spiro atoms. The first-order valence-electron chi connectivity index (χ1n) is 7.29. The average molecular weight is 421 g/mol. The van der Waals surface area contributed by atoms with E-state index in [4.69, 9.17) is 0 Å². The standard InChI is InChI=1S/C14H15NO10S2/c1-24-13(16)11-10(8-4-3-5-9(6-8)15(18)19)12(14(17)25-2)27(22,23)7-26(11,20)21/h3-6,10-12H,7H2,1-2H3/t11-,12-/m1/s1. The molecule has 1 heterocycles. The summed E-state index contributed by atoms with van der Waals surface area (Å²) < 4.78 is 58.9. The van der Waals surface area contributed by atoms with Gasteiger partial charge in [-0.2, -0.15) is 0 Å². The number of hydrogen-bond acceptors (Lipinski definition) is 10. The van der Waals surface area contributed by atoms with Crippen molar-refractivity contribution >= 4 is 37.3 Å². The normalized spacial score (nSPS) is 25.9. The molecule has 1 aliphatic heterocycles. The van der Waals surface area contributed by atoms with Crippen LogP contribution in [0.15, 0.2) is 24.3 Å². The number of benzene rings is 1. The number of hydrogen-bond donors (Lipinski definition) is 0. The SMILES string of the molecule is COC(=O)[C@H]1C(c2cccc([N+](=O)[O-])c2)[C@H](C(=O)OC)S(=O)(=O)CS1(=O)=O. The van der Waals surface area contributed by atoms with Crippen molar-refractivity contribution in [3.05, 3.63) is 39.9 Å². The van der Waals surface area contributed by atoms with Crippen LogP contribution in [0.1, 0.15) is 11.5 Å². The third-order valence-corrected chi connectivity index (χ3v) is 9.23. The lowest BCUT2D eigenvalue weighted by Crippen LogP contribution is -2.55. The Bertz CT molecular complexity index is 946. The molecular weight excluding hydrogens is 406 g/mol. The zero-order valence-electron chi connectivity index (χ0n) is 14.1. The molecule has 148 valence electrons. The molecule has 1 saturated heterocycles. The number of nitro benzene ring substituents is 1. The van der Waals surface area contributed by atoms with Gasteiger partial charge in [-0.1, -0.05) is 12.1 Å². The van der Waals surface area contributed by atoms with Crippen molar-refractivity contribution in [2.45, 2.75) is 16.4 Å². The van der Waals surface area contributed by atoms with Crippen LogP contribution in [0.4, 0.5) is 5.69 Å². The number of non-ortho nitro benzene ring substituents is 1. The summed E-state index contributed by atoms with van der Waals surface area (Å²) in [5.41, 5.74) is -0.665. The average Bonchev–Trinajstić information content (AvgIpc) is 2.58. The fourth-order valence-corrected chi connectivity index (χ4v) is 8.40. The molecule has 27 heavy (non-hydrogen) atoms. The monoisotopic (exact) mass is 421 g/mol. The van der Waals surface area contributed by atoms with Gasteiger partial charge in [0.2, 0.25) is 0 Å². The van der Waals surface area contributed by atoms with Crippen LogP contribution in [-0.2, 0) is 38.7 Å². The molecule has 0 unspecified atom stereocenters. The minimum atomic E-state index is -4.59. The van der Waals surface area contributed by atoms with Crippen molar-refractivity contribution in [3.8, 4) is 0 Å². The Labute approximate surface area is 154 Å². The maximum absolute atomic E-state index is 12.5. The number of nitrogens with zero attached hydrogens (tertiary/aromatic N) is 1. The van der Waals surface area contributed by atoms with Gasteiger partial charge in [-0.05, 0) is 5.56 Å². The van der Waals surface area contributed by atoms with Gasteiger partial charge in [0.05, 0.1) is 19.1 Å². The smallest absolute Gasteiger partial charge is 0.324 e. The highest BCUT2D eigenvalue weighted by molar-refractivity contribution is 8.10. The van der Waals surface area contributed by atoms with Crippen molar-refractivity contribution in [3.63, 3.8) is 0 Å². The zero-order valence-corrected chi connectivity index (χ0v) is 15.7. The second kappa shape index (κ2) is 7.23. The maximum atomic E-state index is 12.5. The predicted molar refractivity (Wildman–Crippen MR) is 90.2 cm³/mol. The molecule has 0 amide bonds. The number of rotatable bonds is 4. The van der Waals surface area contributed by atoms with Crippen LogP contribution in [0.3, 0.4) is 0 Å². The molecule has 0 radical (unpaired) electrons. The number of esters is 2. The number of methoxy groups -OCH3 is 2. The molecule has 1 fully saturated rings. The van der Waals surface area contributed by atoms with E-state index in [9.17, 15) is 36.5 Å². The molecular formula is C14H15NO10S2. The number of nitro groups is 1. The molecule has 1 aromatic carbocycles. The summed E-state index contributed by atoms with van der Waals surface area (Å²) in [5.74, 6) is -4.33. The molecule has 0 bridgehead atoms. The maximum Gasteiger partial charge on any atom is 0.324 e. The van der Waals surface area contributed by atoms with E-state index < -0.39 is 63.7 Å². The van der Waals surface area contributed by atoms with E-state index in [0.717, 1.165) is 26.4 Å². The summed E-state index contributed by atoms with van der Waals surface area (Å²) in [6.45, 7) is 0. The molecule has 0 aromatic heterocycles. The molecule has 11 nitrogen and oxygen atoms in total. The highest BCUT2D eigenvalue weighted by Crippen LogP contribution is 2.40. The Morgan fingerprint density at radius 2 is 1.52 bits per heavy atom. The molecule has 2 rings (SSSR count). The predicted octanol–water partition coefficient (Wildman–Crippen LogP) is -0.438. The van der Waals surface area contributed by atoms with E-state index in [0.29, 0.717) is 0 Å². The van der Waals surface area contributed by atoms with Gasteiger partial charge >= 0.3 is 11.9 Å². The van der Waals surface area contributed by atoms with Crippen molar-refractivity contribution < 1.29 is 40.8 Å². The molecule has 0 N–H and O–H groups in total. The second-order valence-electron chi connectivity index (χ2n) is 5.71. The van der Waals surface area contributed by atoms with Gasteiger partial charge in [-0.25, -0.2) is 16.8 Å². The number of carbonyl (C=O) groups excluding carboxylic acids is 2. The summed E-state index contributed by atoms with van der Waals surface area (Å²) in [6, 6.07) is 4.38. The first-order valence-corrected chi connectivity index (χ1v) is 10.7. The number of sulfone groups is 2. The Hall–Kier alpha value is -2.54. The van der Waals surface area contributed by atoms with Crippen LogP contribution in [0, 0.1) is 10.1 Å². The number of ether oxygens (including phenoxy) is 2. The van der Waals surface area contributed by atoms with Crippen LogP contribution in [0.5, 0.6) is 0 Å². The third kappa shape index (κ3) is 3.78. The Kier molecular flexibility index (Phi) is 5.56. The van der Waals surface area contributed by atoms with E-state index in [1.807, 2.05) is 0 Å². The molecule has 0 aliphatic carbocycles. The van der Waals surface area contributed by atoms with Gasteiger partial charge in [-0.15, -0.1) is 0 Å². The highest BCUT2D eigenvalue weighted by atomic mass is 32.3. The second-order valence-corrected chi connectivity index (χ2v) is 10.3. The van der Waals surface area contributed by atoms with Gasteiger partial charge in [0.1, 0.15) is 0 Å². The molecule has 2 atom stereocenters. The van der Waals surface area contributed by atoms with Crippen molar-refractivity contribution in [1.29, 1.82) is 0 Å². The van der Waals surface area contributed by atoms with Gasteiger partial charge in [0.15, 0.2) is 35.3 Å². The van der Waals surface area contributed by atoms with Gasteiger partial charge in [-0.3, -0.25) is 19.7 Å². The summed E-state index contributed by atoms with van der Waals surface area (Å²) in [6.07, 6.45) is 0. The lowest BCUT2D eigenvalue weighted by Gasteiger charge is -2.34. The lowest BCUT2D eigenvalue weighted by atomic mass is 9.91. The van der Waals surface area contributed by atoms with Gasteiger partial charge in [0.25, 0.3) is 5.69 Å². The van der Waals surface area contributed by atoms with E-state index in [2.05, 4.69) is 9.47 Å². The summed E-state index contributed by atoms with van der Waals surface area (Å²) in [7, 11) is -7.37. The van der Waals surface area contributed by atoms with Crippen molar-refractivity contribution in [2.24, 2.45) is 0 Å². The molecule has 1 aliphatic rings. The van der Waals surface area contributed by atoms with Gasteiger partial charge < -0.3 is 9.47 Å². The molecule has 0 saturated carbocycles. The summed E-state index contributed by atoms with van der Waals surface area (Å²) in [5, 5.41) is 5.48. The van der Waals surface area contributed by atoms with Crippen molar-refractivity contribution in [1.82, 2.24) is 0 Å². The summed E-state index contributed by atoms with van der Waals surface area (Å²) >= 11 is 0. The van der Waals surface area contributed by atoms with Crippen molar-refractivity contribution in [2.75, 3.05) is 19.3 Å². The molecule has 1 aromatic rings.